The van der Waals surface area contributed by atoms with Gasteiger partial charge >= 0.3 is 5.97 Å². The summed E-state index contributed by atoms with van der Waals surface area (Å²) >= 11 is 0. The second-order valence-corrected chi connectivity index (χ2v) is 13.2. The SMILES string of the molecule is Cc1cccc(-c2ccccc2CCC[C@@H](C(=O)N[C@H](C(=O)N[C@H](C)c2ccncc2)C(C)(C)C)[C@@H]2OC(C)(C)OC2=O)c1. The van der Waals surface area contributed by atoms with E-state index in [2.05, 4.69) is 52.9 Å². The number of aryl methyl sites for hydroxylation is 2. The lowest BCUT2D eigenvalue weighted by Gasteiger charge is -2.33. The molecule has 44 heavy (non-hydrogen) atoms. The molecule has 0 spiro atoms. The highest BCUT2D eigenvalue weighted by molar-refractivity contribution is 5.92. The van der Waals surface area contributed by atoms with E-state index in [0.29, 0.717) is 19.3 Å². The summed E-state index contributed by atoms with van der Waals surface area (Å²) in [6, 6.07) is 19.2. The fourth-order valence-electron chi connectivity index (χ4n) is 5.65. The van der Waals surface area contributed by atoms with Crippen LogP contribution in [-0.2, 0) is 30.3 Å². The summed E-state index contributed by atoms with van der Waals surface area (Å²) in [6.07, 6.45) is 3.97. The highest BCUT2D eigenvalue weighted by Crippen LogP contribution is 2.32. The van der Waals surface area contributed by atoms with E-state index in [1.54, 1.807) is 26.2 Å². The predicted octanol–water partition coefficient (Wildman–Crippen LogP) is 6.08. The summed E-state index contributed by atoms with van der Waals surface area (Å²) in [6.45, 7) is 13.0. The van der Waals surface area contributed by atoms with Crippen molar-refractivity contribution in [2.24, 2.45) is 11.3 Å². The maximum atomic E-state index is 14.0. The van der Waals surface area contributed by atoms with E-state index >= 15 is 0 Å². The van der Waals surface area contributed by atoms with Crippen molar-refractivity contribution in [1.82, 2.24) is 15.6 Å². The monoisotopic (exact) mass is 599 g/mol. The van der Waals surface area contributed by atoms with Crippen LogP contribution in [0.4, 0.5) is 0 Å². The van der Waals surface area contributed by atoms with Gasteiger partial charge in [0.05, 0.1) is 12.0 Å². The van der Waals surface area contributed by atoms with Crippen LogP contribution in [0.15, 0.2) is 73.1 Å². The maximum Gasteiger partial charge on any atom is 0.338 e. The molecule has 234 valence electrons. The number of carbonyl (C=O) groups is 3. The first kappa shape index (κ1) is 32.9. The topological polar surface area (TPSA) is 107 Å². The average molecular weight is 600 g/mol. The molecule has 4 atom stereocenters. The van der Waals surface area contributed by atoms with Crippen molar-refractivity contribution in [3.05, 3.63) is 89.7 Å². The van der Waals surface area contributed by atoms with Crippen LogP contribution in [0, 0.1) is 18.3 Å². The van der Waals surface area contributed by atoms with E-state index < -0.39 is 41.1 Å². The predicted molar refractivity (Wildman–Crippen MR) is 170 cm³/mol. The Balaban J connectivity index is 1.53. The number of esters is 1. The minimum absolute atomic E-state index is 0.287. The van der Waals surface area contributed by atoms with E-state index in [1.807, 2.05) is 58.0 Å². The average Bonchev–Trinajstić information content (AvgIpc) is 3.25. The third-order valence-corrected chi connectivity index (χ3v) is 7.98. The zero-order chi connectivity index (χ0) is 32.1. The first-order valence-corrected chi connectivity index (χ1v) is 15.3. The van der Waals surface area contributed by atoms with E-state index in [4.69, 9.17) is 9.47 Å². The van der Waals surface area contributed by atoms with Gasteiger partial charge in [0.25, 0.3) is 0 Å². The fraction of sp³-hybridized carbons (Fsp3) is 0.444. The molecule has 2 amide bonds. The Kier molecular flexibility index (Phi) is 10.3. The summed E-state index contributed by atoms with van der Waals surface area (Å²) in [5, 5.41) is 6.00. The third kappa shape index (κ3) is 8.32. The molecule has 2 heterocycles. The van der Waals surface area contributed by atoms with E-state index in [9.17, 15) is 14.4 Å². The van der Waals surface area contributed by atoms with Gasteiger partial charge in [-0.05, 0) is 72.9 Å². The van der Waals surface area contributed by atoms with Gasteiger partial charge in [-0.3, -0.25) is 14.6 Å². The lowest BCUT2D eigenvalue weighted by Crippen LogP contribution is -2.56. The van der Waals surface area contributed by atoms with Crippen molar-refractivity contribution >= 4 is 17.8 Å². The number of ether oxygens (including phenoxy) is 2. The maximum absolute atomic E-state index is 14.0. The van der Waals surface area contributed by atoms with Crippen LogP contribution in [0.1, 0.15) is 77.1 Å². The van der Waals surface area contributed by atoms with Gasteiger partial charge < -0.3 is 20.1 Å². The molecule has 3 aromatic rings. The van der Waals surface area contributed by atoms with Gasteiger partial charge in [0, 0.05) is 26.2 Å². The third-order valence-electron chi connectivity index (χ3n) is 7.98. The van der Waals surface area contributed by atoms with Gasteiger partial charge in [-0.2, -0.15) is 0 Å². The Morgan fingerprint density at radius 3 is 2.32 bits per heavy atom. The van der Waals surface area contributed by atoms with Crippen LogP contribution < -0.4 is 10.6 Å². The van der Waals surface area contributed by atoms with Crippen LogP contribution in [0.5, 0.6) is 0 Å². The van der Waals surface area contributed by atoms with Gasteiger partial charge in [0.2, 0.25) is 17.6 Å². The van der Waals surface area contributed by atoms with Gasteiger partial charge in [0.1, 0.15) is 6.04 Å². The van der Waals surface area contributed by atoms with Crippen molar-refractivity contribution < 1.29 is 23.9 Å². The molecule has 0 aliphatic carbocycles. The molecule has 8 nitrogen and oxygen atoms in total. The van der Waals surface area contributed by atoms with Crippen molar-refractivity contribution in [2.45, 2.75) is 91.7 Å². The first-order chi connectivity index (χ1) is 20.7. The van der Waals surface area contributed by atoms with Crippen LogP contribution in [0.25, 0.3) is 11.1 Å². The lowest BCUT2D eigenvalue weighted by molar-refractivity contribution is -0.162. The second kappa shape index (κ2) is 13.7. The fourth-order valence-corrected chi connectivity index (χ4v) is 5.65. The van der Waals surface area contributed by atoms with Gasteiger partial charge in [0.15, 0.2) is 6.10 Å². The molecule has 0 bridgehead atoms. The molecule has 1 aliphatic rings. The molecule has 2 N–H and O–H groups in total. The molecule has 0 unspecified atom stereocenters. The Bertz CT molecular complexity index is 1460. The van der Waals surface area contributed by atoms with Gasteiger partial charge in [-0.25, -0.2) is 4.79 Å². The van der Waals surface area contributed by atoms with Crippen molar-refractivity contribution in [2.75, 3.05) is 0 Å². The lowest BCUT2D eigenvalue weighted by atomic mass is 9.84. The number of cyclic esters (lactones) is 1. The summed E-state index contributed by atoms with van der Waals surface area (Å²) in [5.74, 6) is -3.28. The largest absolute Gasteiger partial charge is 0.432 e. The standard InChI is InChI=1S/C36H45N3O5/c1-23-12-10-15-27(22-23)28-16-9-8-13-26(28)14-11-17-29(30-34(42)44-36(6,7)43-30)32(40)39-31(35(3,4)5)33(41)38-24(2)25-18-20-37-21-19-25/h8-10,12-13,15-16,18-22,24,29-31H,11,14,17H2,1-7H3,(H,38,41)(H,39,40)/t24-,29-,30+,31-/m1/s1. The van der Waals surface area contributed by atoms with Crippen molar-refractivity contribution in [3.63, 3.8) is 0 Å². The zero-order valence-corrected chi connectivity index (χ0v) is 26.8. The first-order valence-electron chi connectivity index (χ1n) is 15.3. The molecule has 1 fully saturated rings. The van der Waals surface area contributed by atoms with Crippen LogP contribution in [0.3, 0.4) is 0 Å². The summed E-state index contributed by atoms with van der Waals surface area (Å²) in [4.78, 5) is 44.5. The van der Waals surface area contributed by atoms with Crippen LogP contribution >= 0.6 is 0 Å². The minimum Gasteiger partial charge on any atom is -0.432 e. The smallest absolute Gasteiger partial charge is 0.338 e. The van der Waals surface area contributed by atoms with E-state index in [0.717, 1.165) is 22.3 Å². The van der Waals surface area contributed by atoms with Crippen LogP contribution in [0.2, 0.25) is 0 Å². The van der Waals surface area contributed by atoms with Crippen molar-refractivity contribution in [1.29, 1.82) is 0 Å². The highest BCUT2D eigenvalue weighted by atomic mass is 16.8. The summed E-state index contributed by atoms with van der Waals surface area (Å²) in [5.41, 5.74) is 4.92. The number of benzene rings is 2. The number of carbonyl (C=O) groups excluding carboxylic acids is 3. The molecule has 1 saturated heterocycles. The number of pyridine rings is 1. The van der Waals surface area contributed by atoms with Gasteiger partial charge in [-0.1, -0.05) is 74.9 Å². The Morgan fingerprint density at radius 1 is 0.977 bits per heavy atom. The minimum atomic E-state index is -1.14. The Labute approximate surface area is 261 Å². The Morgan fingerprint density at radius 2 is 1.68 bits per heavy atom. The number of hydrogen-bond donors (Lipinski definition) is 2. The van der Waals surface area contributed by atoms with Crippen molar-refractivity contribution in [3.8, 4) is 11.1 Å². The van der Waals surface area contributed by atoms with E-state index in [-0.39, 0.29) is 11.9 Å². The molecule has 8 heteroatoms. The number of aromatic nitrogens is 1. The Hall–Kier alpha value is -4.04. The van der Waals surface area contributed by atoms with E-state index in [1.165, 1.54) is 5.56 Å². The number of rotatable bonds is 11. The highest BCUT2D eigenvalue weighted by Gasteiger charge is 2.48. The molecular formula is C36H45N3O5. The molecule has 1 aliphatic heterocycles. The summed E-state index contributed by atoms with van der Waals surface area (Å²) < 4.78 is 11.4. The molecule has 0 saturated carbocycles. The molecule has 4 rings (SSSR count). The number of nitrogens with one attached hydrogen (secondary N) is 2. The normalized spacial score (nSPS) is 18.2. The van der Waals surface area contributed by atoms with Gasteiger partial charge in [-0.15, -0.1) is 0 Å². The number of hydrogen-bond acceptors (Lipinski definition) is 6. The molecule has 1 aromatic heterocycles. The van der Waals surface area contributed by atoms with Crippen LogP contribution in [-0.4, -0.2) is 40.7 Å². The quantitative estimate of drug-likeness (QED) is 0.259. The molecular weight excluding hydrogens is 554 g/mol. The molecule has 0 radical (unpaired) electrons. The second-order valence-electron chi connectivity index (χ2n) is 13.2. The molecule has 2 aromatic carbocycles. The zero-order valence-electron chi connectivity index (χ0n) is 26.8. The number of nitrogens with zero attached hydrogens (tertiary/aromatic N) is 1. The summed E-state index contributed by atoms with van der Waals surface area (Å²) in [7, 11) is 0. The number of amides is 2.